The summed E-state index contributed by atoms with van der Waals surface area (Å²) in [5.74, 6) is -0.777. The number of amides is 2. The second-order valence-corrected chi connectivity index (χ2v) is 7.13. The van der Waals surface area contributed by atoms with Gasteiger partial charge in [-0.2, -0.15) is 5.10 Å². The third kappa shape index (κ3) is 4.19. The van der Waals surface area contributed by atoms with E-state index in [1.165, 1.54) is 17.8 Å². The minimum Gasteiger partial charge on any atom is -0.394 e. The van der Waals surface area contributed by atoms with Crippen LogP contribution in [0.1, 0.15) is 45.4 Å². The molecule has 1 atom stereocenters. The van der Waals surface area contributed by atoms with Crippen LogP contribution in [0.3, 0.4) is 0 Å². The molecule has 0 unspecified atom stereocenters. The number of aliphatic hydroxyl groups is 1. The van der Waals surface area contributed by atoms with Crippen molar-refractivity contribution in [3.8, 4) is 0 Å². The smallest absolute Gasteiger partial charge is 0.271 e. The molecule has 9 heteroatoms. The second-order valence-electron chi connectivity index (χ2n) is 6.69. The van der Waals surface area contributed by atoms with E-state index in [1.54, 1.807) is 31.4 Å². The lowest BCUT2D eigenvalue weighted by Gasteiger charge is -2.34. The highest BCUT2D eigenvalue weighted by Gasteiger charge is 2.32. The summed E-state index contributed by atoms with van der Waals surface area (Å²) in [6.07, 6.45) is 1.61. The number of hydrogen-bond acceptors (Lipinski definition) is 5. The molecule has 1 aromatic heterocycles. The van der Waals surface area contributed by atoms with Crippen LogP contribution < -0.4 is 10.6 Å². The highest BCUT2D eigenvalue weighted by atomic mass is 35.5. The van der Waals surface area contributed by atoms with Crippen LogP contribution >= 0.6 is 11.6 Å². The number of aromatic nitrogens is 2. The van der Waals surface area contributed by atoms with E-state index in [0.29, 0.717) is 10.6 Å². The first-order chi connectivity index (χ1) is 13.5. The van der Waals surface area contributed by atoms with Crippen molar-refractivity contribution in [3.63, 3.8) is 0 Å². The number of rotatable bonds is 7. The minimum absolute atomic E-state index is 0.00278. The topological polar surface area (TPSA) is 105 Å². The number of nitrogens with zero attached hydrogens (tertiary/aromatic N) is 2. The van der Waals surface area contributed by atoms with Gasteiger partial charge in [-0.3, -0.25) is 9.59 Å². The van der Waals surface area contributed by atoms with Crippen LogP contribution in [0, 0.1) is 0 Å². The van der Waals surface area contributed by atoms with Gasteiger partial charge in [0.15, 0.2) is 5.69 Å². The quantitative estimate of drug-likeness (QED) is 0.644. The van der Waals surface area contributed by atoms with E-state index in [4.69, 9.17) is 16.3 Å². The summed E-state index contributed by atoms with van der Waals surface area (Å²) in [5.41, 5.74) is 0.966. The molecular formula is C19H23ClN4O4. The predicted molar refractivity (Wildman–Crippen MR) is 104 cm³/mol. The fourth-order valence-electron chi connectivity index (χ4n) is 3.21. The standard InChI is InChI=1S/C19H23ClN4O4/c1-21-18(26)15-9-16(19(27)22-13-7-14(8-13)28-2)24(23-15)17(10-25)11-4-3-5-12(20)6-11/h3-6,9,13-14,17,25H,7-8,10H2,1-2H3,(H,21,26)(H,22,27)/t13-,14-,17-/m0/s1. The highest BCUT2D eigenvalue weighted by Crippen LogP contribution is 2.25. The molecule has 2 aromatic rings. The maximum absolute atomic E-state index is 12.9. The monoisotopic (exact) mass is 406 g/mol. The molecule has 2 amide bonds. The van der Waals surface area contributed by atoms with E-state index < -0.39 is 11.9 Å². The molecule has 28 heavy (non-hydrogen) atoms. The lowest BCUT2D eigenvalue weighted by Crippen LogP contribution is -2.48. The van der Waals surface area contributed by atoms with E-state index in [2.05, 4.69) is 15.7 Å². The van der Waals surface area contributed by atoms with Crippen LogP contribution in [-0.4, -0.2) is 59.6 Å². The first-order valence-corrected chi connectivity index (χ1v) is 9.36. The Morgan fingerprint density at radius 1 is 1.36 bits per heavy atom. The molecule has 1 aromatic carbocycles. The molecule has 3 rings (SSSR count). The Bertz CT molecular complexity index is 863. The number of methoxy groups -OCH3 is 1. The lowest BCUT2D eigenvalue weighted by atomic mass is 9.89. The van der Waals surface area contributed by atoms with Crippen molar-refractivity contribution < 1.29 is 19.4 Å². The fourth-order valence-corrected chi connectivity index (χ4v) is 3.41. The Morgan fingerprint density at radius 2 is 2.11 bits per heavy atom. The van der Waals surface area contributed by atoms with Gasteiger partial charge in [0.05, 0.1) is 12.7 Å². The Hall–Kier alpha value is -2.42. The number of hydrogen-bond donors (Lipinski definition) is 3. The summed E-state index contributed by atoms with van der Waals surface area (Å²) in [4.78, 5) is 24.9. The Balaban J connectivity index is 1.93. The van der Waals surface area contributed by atoms with Crippen LogP contribution in [0.25, 0.3) is 0 Å². The van der Waals surface area contributed by atoms with Crippen LogP contribution in [0.5, 0.6) is 0 Å². The summed E-state index contributed by atoms with van der Waals surface area (Å²) in [6, 6.07) is 7.71. The number of aliphatic hydroxyl groups excluding tert-OH is 1. The molecule has 0 aliphatic heterocycles. The van der Waals surface area contributed by atoms with Gasteiger partial charge in [0.1, 0.15) is 11.7 Å². The molecule has 1 heterocycles. The molecule has 150 valence electrons. The van der Waals surface area contributed by atoms with E-state index in [1.807, 2.05) is 0 Å². The molecule has 0 saturated heterocycles. The summed E-state index contributed by atoms with van der Waals surface area (Å²) in [7, 11) is 3.13. The Morgan fingerprint density at radius 3 is 2.71 bits per heavy atom. The number of carbonyl (C=O) groups is 2. The maximum atomic E-state index is 12.9. The first kappa shape index (κ1) is 20.3. The summed E-state index contributed by atoms with van der Waals surface area (Å²) >= 11 is 6.07. The van der Waals surface area contributed by atoms with Gasteiger partial charge >= 0.3 is 0 Å². The van der Waals surface area contributed by atoms with Gasteiger partial charge in [-0.05, 0) is 30.5 Å². The maximum Gasteiger partial charge on any atom is 0.271 e. The average molecular weight is 407 g/mol. The van der Waals surface area contributed by atoms with Crippen molar-refractivity contribution >= 4 is 23.4 Å². The van der Waals surface area contributed by atoms with Gasteiger partial charge in [-0.1, -0.05) is 23.7 Å². The Labute approximate surface area is 167 Å². The van der Waals surface area contributed by atoms with E-state index in [-0.39, 0.29) is 36.0 Å². The zero-order valence-corrected chi connectivity index (χ0v) is 16.4. The van der Waals surface area contributed by atoms with E-state index in [0.717, 1.165) is 12.8 Å². The van der Waals surface area contributed by atoms with Crippen molar-refractivity contribution in [2.24, 2.45) is 0 Å². The molecule has 0 spiro atoms. The van der Waals surface area contributed by atoms with Crippen molar-refractivity contribution in [3.05, 3.63) is 52.3 Å². The van der Waals surface area contributed by atoms with Gasteiger partial charge in [0.2, 0.25) is 0 Å². The Kier molecular flexibility index (Phi) is 6.33. The normalized spacial score (nSPS) is 19.6. The fraction of sp³-hybridized carbons (Fsp3) is 0.421. The number of nitrogens with one attached hydrogen (secondary N) is 2. The van der Waals surface area contributed by atoms with E-state index >= 15 is 0 Å². The summed E-state index contributed by atoms with van der Waals surface area (Å²) < 4.78 is 6.61. The molecule has 0 bridgehead atoms. The molecule has 3 N–H and O–H groups in total. The van der Waals surface area contributed by atoms with Crippen molar-refractivity contribution in [2.75, 3.05) is 20.8 Å². The SMILES string of the molecule is CNC(=O)c1cc(C(=O)N[C@H]2C[C@H](OC)C2)n([C@@H](CO)c2cccc(Cl)c2)n1. The molecule has 8 nitrogen and oxygen atoms in total. The molecule has 1 saturated carbocycles. The van der Waals surface area contributed by atoms with Crippen molar-refractivity contribution in [2.45, 2.75) is 31.0 Å². The zero-order valence-electron chi connectivity index (χ0n) is 15.7. The van der Waals surface area contributed by atoms with E-state index in [9.17, 15) is 14.7 Å². The number of ether oxygens (including phenoxy) is 1. The number of benzene rings is 1. The number of halogens is 1. The minimum atomic E-state index is -0.661. The zero-order chi connectivity index (χ0) is 20.3. The van der Waals surface area contributed by atoms with Crippen LogP contribution in [0.15, 0.2) is 30.3 Å². The third-order valence-corrected chi connectivity index (χ3v) is 5.13. The van der Waals surface area contributed by atoms with Gasteiger partial charge < -0.3 is 20.5 Å². The largest absolute Gasteiger partial charge is 0.394 e. The van der Waals surface area contributed by atoms with Crippen molar-refractivity contribution in [1.82, 2.24) is 20.4 Å². The predicted octanol–water partition coefficient (Wildman–Crippen LogP) is 1.39. The molecule has 1 fully saturated rings. The van der Waals surface area contributed by atoms with Crippen LogP contribution in [0.4, 0.5) is 0 Å². The second kappa shape index (κ2) is 8.72. The first-order valence-electron chi connectivity index (χ1n) is 8.98. The summed E-state index contributed by atoms with van der Waals surface area (Å²) in [5, 5.41) is 20.2. The third-order valence-electron chi connectivity index (χ3n) is 4.89. The lowest BCUT2D eigenvalue weighted by molar-refractivity contribution is 0.0174. The molecule has 1 aliphatic carbocycles. The average Bonchev–Trinajstić information content (AvgIpc) is 3.09. The number of carbonyl (C=O) groups excluding carboxylic acids is 2. The van der Waals surface area contributed by atoms with Gasteiger partial charge in [-0.15, -0.1) is 0 Å². The van der Waals surface area contributed by atoms with Crippen molar-refractivity contribution in [1.29, 1.82) is 0 Å². The van der Waals surface area contributed by atoms with Crippen LogP contribution in [-0.2, 0) is 4.74 Å². The van der Waals surface area contributed by atoms with Gasteiger partial charge in [0.25, 0.3) is 11.8 Å². The summed E-state index contributed by atoms with van der Waals surface area (Å²) in [6.45, 7) is -0.315. The molecule has 0 radical (unpaired) electrons. The highest BCUT2D eigenvalue weighted by molar-refractivity contribution is 6.30. The van der Waals surface area contributed by atoms with Gasteiger partial charge in [-0.25, -0.2) is 4.68 Å². The molecular weight excluding hydrogens is 384 g/mol. The molecule has 1 aliphatic rings. The van der Waals surface area contributed by atoms with Crippen LogP contribution in [0.2, 0.25) is 5.02 Å². The van der Waals surface area contributed by atoms with Gasteiger partial charge in [0, 0.05) is 31.3 Å².